The van der Waals surface area contributed by atoms with Crippen LogP contribution in [-0.4, -0.2) is 45.3 Å². The number of nitrogen functional groups attached to an aromatic ring is 1. The van der Waals surface area contributed by atoms with Crippen molar-refractivity contribution in [3.63, 3.8) is 0 Å². The zero-order valence-corrected chi connectivity index (χ0v) is 13.2. The zero-order valence-electron chi connectivity index (χ0n) is 12.4. The second kappa shape index (κ2) is 7.50. The molecule has 1 rings (SSSR count). The minimum absolute atomic E-state index is 0.0639. The lowest BCUT2D eigenvalue weighted by molar-refractivity contribution is 0.321. The summed E-state index contributed by atoms with van der Waals surface area (Å²) in [6.45, 7) is 8.54. The molecule has 0 unspecified atom stereocenters. The molecule has 114 valence electrons. The molecular weight excluding hydrogens is 276 g/mol. The van der Waals surface area contributed by atoms with E-state index in [2.05, 4.69) is 4.90 Å². The fraction of sp³-hybridized carbons (Fsp3) is 0.571. The van der Waals surface area contributed by atoms with Crippen LogP contribution in [0.1, 0.15) is 20.8 Å². The monoisotopic (exact) mass is 300 g/mol. The Labute approximate surface area is 121 Å². The molecule has 0 atom stereocenters. The summed E-state index contributed by atoms with van der Waals surface area (Å²) in [7, 11) is -3.39. The maximum atomic E-state index is 12.4. The Morgan fingerprint density at radius 2 is 1.85 bits per heavy atom. The molecule has 0 radical (unpaired) electrons. The van der Waals surface area contributed by atoms with Crippen molar-refractivity contribution in [1.82, 2.24) is 4.90 Å². The third-order valence-corrected chi connectivity index (χ3v) is 4.95. The van der Waals surface area contributed by atoms with Gasteiger partial charge in [-0.2, -0.15) is 0 Å². The van der Waals surface area contributed by atoms with Crippen molar-refractivity contribution in [3.8, 4) is 5.75 Å². The number of ether oxygens (including phenoxy) is 1. The van der Waals surface area contributed by atoms with Crippen LogP contribution in [0.5, 0.6) is 5.75 Å². The SMILES string of the molecule is CCOc1ccc(N)c(S(=O)(=O)CCN(CC)CC)c1. The molecule has 20 heavy (non-hydrogen) atoms. The van der Waals surface area contributed by atoms with E-state index in [0.29, 0.717) is 18.9 Å². The predicted octanol–water partition coefficient (Wildman–Crippen LogP) is 1.78. The highest BCUT2D eigenvalue weighted by Gasteiger charge is 2.19. The predicted molar refractivity (Wildman–Crippen MR) is 81.9 cm³/mol. The summed E-state index contributed by atoms with van der Waals surface area (Å²) in [5.74, 6) is 0.595. The van der Waals surface area contributed by atoms with Crippen molar-refractivity contribution in [3.05, 3.63) is 18.2 Å². The summed E-state index contributed by atoms with van der Waals surface area (Å²) in [6, 6.07) is 4.77. The molecule has 5 nitrogen and oxygen atoms in total. The highest BCUT2D eigenvalue weighted by Crippen LogP contribution is 2.25. The van der Waals surface area contributed by atoms with Crippen LogP contribution in [0.2, 0.25) is 0 Å². The summed E-state index contributed by atoms with van der Waals surface area (Å²) in [5.41, 5.74) is 6.07. The van der Waals surface area contributed by atoms with Crippen LogP contribution in [0.3, 0.4) is 0 Å². The summed E-state index contributed by atoms with van der Waals surface area (Å²) in [4.78, 5) is 2.23. The van der Waals surface area contributed by atoms with Gasteiger partial charge in [-0.25, -0.2) is 8.42 Å². The lowest BCUT2D eigenvalue weighted by atomic mass is 10.3. The van der Waals surface area contributed by atoms with Gasteiger partial charge in [0.25, 0.3) is 0 Å². The van der Waals surface area contributed by atoms with Gasteiger partial charge in [0.15, 0.2) is 9.84 Å². The quantitative estimate of drug-likeness (QED) is 0.741. The van der Waals surface area contributed by atoms with Crippen LogP contribution in [0, 0.1) is 0 Å². The van der Waals surface area contributed by atoms with Crippen LogP contribution < -0.4 is 10.5 Å². The smallest absolute Gasteiger partial charge is 0.181 e. The van der Waals surface area contributed by atoms with Gasteiger partial charge in [-0.05, 0) is 32.1 Å². The molecule has 0 heterocycles. The second-order valence-electron chi connectivity index (χ2n) is 4.48. The highest BCUT2D eigenvalue weighted by molar-refractivity contribution is 7.91. The van der Waals surface area contributed by atoms with E-state index < -0.39 is 9.84 Å². The Balaban J connectivity index is 2.93. The van der Waals surface area contributed by atoms with Gasteiger partial charge in [0.1, 0.15) is 5.75 Å². The normalized spacial score (nSPS) is 11.8. The second-order valence-corrected chi connectivity index (χ2v) is 6.56. The molecule has 0 aliphatic carbocycles. The molecule has 0 aliphatic rings. The van der Waals surface area contributed by atoms with Gasteiger partial charge in [-0.15, -0.1) is 0 Å². The lowest BCUT2D eigenvalue weighted by Gasteiger charge is -2.18. The fourth-order valence-electron chi connectivity index (χ4n) is 1.94. The maximum absolute atomic E-state index is 12.4. The van der Waals surface area contributed by atoms with Gasteiger partial charge in [0.05, 0.1) is 22.9 Å². The first-order chi connectivity index (χ1) is 9.44. The van der Waals surface area contributed by atoms with Gasteiger partial charge >= 0.3 is 0 Å². The van der Waals surface area contributed by atoms with E-state index in [1.54, 1.807) is 12.1 Å². The summed E-state index contributed by atoms with van der Waals surface area (Å²) >= 11 is 0. The molecule has 0 saturated heterocycles. The van der Waals surface area contributed by atoms with Gasteiger partial charge < -0.3 is 15.4 Å². The third-order valence-electron chi connectivity index (χ3n) is 3.20. The van der Waals surface area contributed by atoms with Gasteiger partial charge in [0.2, 0.25) is 0 Å². The van der Waals surface area contributed by atoms with E-state index in [0.717, 1.165) is 13.1 Å². The molecule has 2 N–H and O–H groups in total. The molecule has 0 fully saturated rings. The zero-order chi connectivity index (χ0) is 15.2. The largest absolute Gasteiger partial charge is 0.494 e. The average molecular weight is 300 g/mol. The maximum Gasteiger partial charge on any atom is 0.181 e. The number of hydrogen-bond acceptors (Lipinski definition) is 5. The molecule has 0 saturated carbocycles. The molecule has 1 aromatic carbocycles. The van der Waals surface area contributed by atoms with E-state index in [1.165, 1.54) is 6.07 Å². The van der Waals surface area contributed by atoms with Crippen LogP contribution in [-0.2, 0) is 9.84 Å². The lowest BCUT2D eigenvalue weighted by Crippen LogP contribution is -2.29. The van der Waals surface area contributed by atoms with E-state index in [-0.39, 0.29) is 16.3 Å². The number of sulfone groups is 1. The first kappa shape index (κ1) is 16.8. The third kappa shape index (κ3) is 4.38. The number of nitrogens with zero attached hydrogens (tertiary/aromatic N) is 1. The van der Waals surface area contributed by atoms with Crippen LogP contribution in [0.15, 0.2) is 23.1 Å². The molecular formula is C14H24N2O3S. The number of rotatable bonds is 8. The molecule has 0 amide bonds. The van der Waals surface area contributed by atoms with Crippen LogP contribution >= 0.6 is 0 Å². The van der Waals surface area contributed by atoms with Crippen LogP contribution in [0.4, 0.5) is 5.69 Å². The molecule has 0 aliphatic heterocycles. The van der Waals surface area contributed by atoms with Crippen molar-refractivity contribution in [2.45, 2.75) is 25.7 Å². The standard InChI is InChI=1S/C14H24N2O3S/c1-4-16(5-2)9-10-20(17,18)14-11-12(19-6-3)7-8-13(14)15/h7-8,11H,4-6,9-10,15H2,1-3H3. The number of anilines is 1. The van der Waals surface area contributed by atoms with Crippen molar-refractivity contribution in [2.24, 2.45) is 0 Å². The molecule has 1 aromatic rings. The Morgan fingerprint density at radius 1 is 1.20 bits per heavy atom. The first-order valence-corrected chi connectivity index (χ1v) is 8.57. The first-order valence-electron chi connectivity index (χ1n) is 6.92. The molecule has 0 spiro atoms. The van der Waals surface area contributed by atoms with Crippen molar-refractivity contribution in [1.29, 1.82) is 0 Å². The average Bonchev–Trinajstić information content (AvgIpc) is 2.42. The molecule has 6 heteroatoms. The number of benzene rings is 1. The Kier molecular flexibility index (Phi) is 6.29. The fourth-order valence-corrected chi connectivity index (χ4v) is 3.38. The van der Waals surface area contributed by atoms with E-state index in [4.69, 9.17) is 10.5 Å². The summed E-state index contributed by atoms with van der Waals surface area (Å²) < 4.78 is 30.1. The molecule has 0 bridgehead atoms. The number of hydrogen-bond donors (Lipinski definition) is 1. The van der Waals surface area contributed by atoms with Gasteiger partial charge in [-0.1, -0.05) is 13.8 Å². The topological polar surface area (TPSA) is 72.6 Å². The van der Waals surface area contributed by atoms with Crippen molar-refractivity contribution in [2.75, 3.05) is 37.7 Å². The van der Waals surface area contributed by atoms with Gasteiger partial charge in [-0.3, -0.25) is 0 Å². The minimum atomic E-state index is -3.39. The number of nitrogens with two attached hydrogens (primary N) is 1. The Hall–Kier alpha value is -1.27. The highest BCUT2D eigenvalue weighted by atomic mass is 32.2. The van der Waals surface area contributed by atoms with E-state index >= 15 is 0 Å². The Bertz CT molecular complexity index is 525. The van der Waals surface area contributed by atoms with Gasteiger partial charge in [0, 0.05) is 12.6 Å². The summed E-state index contributed by atoms with van der Waals surface area (Å²) in [6.07, 6.45) is 0. The molecule has 0 aromatic heterocycles. The summed E-state index contributed by atoms with van der Waals surface area (Å²) in [5, 5.41) is 0. The Morgan fingerprint density at radius 3 is 2.40 bits per heavy atom. The minimum Gasteiger partial charge on any atom is -0.494 e. The van der Waals surface area contributed by atoms with Crippen molar-refractivity contribution >= 4 is 15.5 Å². The van der Waals surface area contributed by atoms with Crippen molar-refractivity contribution < 1.29 is 13.2 Å². The van der Waals surface area contributed by atoms with E-state index in [1.807, 2.05) is 20.8 Å². The van der Waals surface area contributed by atoms with E-state index in [9.17, 15) is 8.42 Å². The van der Waals surface area contributed by atoms with Crippen LogP contribution in [0.25, 0.3) is 0 Å².